The standard InChI is InChI=1S/C11H15NO2/c13-8-2-6-12-7-5-9-10(12)3-1-4-11(9)14/h5,7,13H,1-4,6,8H2. The molecule has 0 saturated carbocycles. The van der Waals surface area contributed by atoms with Crippen molar-refractivity contribution in [3.05, 3.63) is 23.5 Å². The average Bonchev–Trinajstić information content (AvgIpc) is 2.60. The Balaban J connectivity index is 2.22. The fourth-order valence-electron chi connectivity index (χ4n) is 2.04. The summed E-state index contributed by atoms with van der Waals surface area (Å²) in [7, 11) is 0. The second-order valence-electron chi connectivity index (χ2n) is 3.72. The normalized spacial score (nSPS) is 15.6. The molecular weight excluding hydrogens is 178 g/mol. The summed E-state index contributed by atoms with van der Waals surface area (Å²) < 4.78 is 2.10. The highest BCUT2D eigenvalue weighted by atomic mass is 16.3. The molecule has 2 rings (SSSR count). The predicted molar refractivity (Wildman–Crippen MR) is 53.4 cm³/mol. The van der Waals surface area contributed by atoms with Gasteiger partial charge in [0.1, 0.15) is 0 Å². The molecule has 0 fully saturated rings. The van der Waals surface area contributed by atoms with Gasteiger partial charge in [-0.15, -0.1) is 0 Å². The van der Waals surface area contributed by atoms with Gasteiger partial charge >= 0.3 is 0 Å². The molecule has 3 heteroatoms. The Labute approximate surface area is 83.4 Å². The number of aliphatic hydroxyl groups excluding tert-OH is 1. The average molecular weight is 193 g/mol. The molecule has 3 nitrogen and oxygen atoms in total. The third kappa shape index (κ3) is 1.60. The summed E-state index contributed by atoms with van der Waals surface area (Å²) in [5, 5.41) is 8.74. The van der Waals surface area contributed by atoms with E-state index in [-0.39, 0.29) is 12.4 Å². The van der Waals surface area contributed by atoms with Crippen LogP contribution in [0.3, 0.4) is 0 Å². The van der Waals surface area contributed by atoms with Crippen LogP contribution in [0.15, 0.2) is 12.3 Å². The van der Waals surface area contributed by atoms with Crippen LogP contribution >= 0.6 is 0 Å². The number of fused-ring (bicyclic) bond motifs is 1. The van der Waals surface area contributed by atoms with E-state index < -0.39 is 0 Å². The first-order chi connectivity index (χ1) is 6.83. The number of carbonyl (C=O) groups is 1. The van der Waals surface area contributed by atoms with E-state index in [0.717, 1.165) is 37.1 Å². The smallest absolute Gasteiger partial charge is 0.164 e. The fourth-order valence-corrected chi connectivity index (χ4v) is 2.04. The molecule has 0 bridgehead atoms. The molecule has 1 aliphatic rings. The lowest BCUT2D eigenvalue weighted by Crippen LogP contribution is -2.13. The molecule has 14 heavy (non-hydrogen) atoms. The number of ketones is 1. The molecule has 0 aliphatic heterocycles. The lowest BCUT2D eigenvalue weighted by molar-refractivity contribution is 0.0971. The van der Waals surface area contributed by atoms with E-state index in [4.69, 9.17) is 5.11 Å². The van der Waals surface area contributed by atoms with Crippen molar-refractivity contribution in [1.29, 1.82) is 0 Å². The molecule has 0 saturated heterocycles. The van der Waals surface area contributed by atoms with Gasteiger partial charge in [-0.25, -0.2) is 0 Å². The summed E-state index contributed by atoms with van der Waals surface area (Å²) in [6, 6.07) is 1.91. The zero-order valence-corrected chi connectivity index (χ0v) is 8.20. The molecule has 0 amide bonds. The number of hydrogen-bond acceptors (Lipinski definition) is 2. The first-order valence-corrected chi connectivity index (χ1v) is 5.15. The van der Waals surface area contributed by atoms with Crippen molar-refractivity contribution in [1.82, 2.24) is 4.57 Å². The van der Waals surface area contributed by atoms with Crippen molar-refractivity contribution in [2.45, 2.75) is 32.2 Å². The van der Waals surface area contributed by atoms with Crippen LogP contribution in [-0.2, 0) is 13.0 Å². The number of hydrogen-bond donors (Lipinski definition) is 1. The number of Topliss-reactive ketones (excluding diaryl/α,β-unsaturated/α-hetero) is 1. The van der Waals surface area contributed by atoms with E-state index >= 15 is 0 Å². The summed E-state index contributed by atoms with van der Waals surface area (Å²) in [6.07, 6.45) is 5.38. The van der Waals surface area contributed by atoms with E-state index in [1.54, 1.807) is 0 Å². The van der Waals surface area contributed by atoms with Gasteiger partial charge in [0.25, 0.3) is 0 Å². The minimum atomic E-state index is 0.209. The van der Waals surface area contributed by atoms with Crippen molar-refractivity contribution in [2.75, 3.05) is 6.61 Å². The maximum Gasteiger partial charge on any atom is 0.164 e. The van der Waals surface area contributed by atoms with Crippen LogP contribution in [0.1, 0.15) is 35.3 Å². The SMILES string of the molecule is O=C1CCCc2c1ccn2CCCO. The third-order valence-corrected chi connectivity index (χ3v) is 2.75. The third-order valence-electron chi connectivity index (χ3n) is 2.75. The maximum absolute atomic E-state index is 11.5. The molecule has 0 radical (unpaired) electrons. The monoisotopic (exact) mass is 193 g/mol. The summed E-state index contributed by atoms with van der Waals surface area (Å²) in [6.45, 7) is 1.03. The molecule has 0 spiro atoms. The number of nitrogens with zero attached hydrogens (tertiary/aromatic N) is 1. The van der Waals surface area contributed by atoms with Crippen molar-refractivity contribution in [3.63, 3.8) is 0 Å². The maximum atomic E-state index is 11.5. The van der Waals surface area contributed by atoms with Crippen molar-refractivity contribution in [3.8, 4) is 0 Å². The van der Waals surface area contributed by atoms with E-state index in [9.17, 15) is 4.79 Å². The Morgan fingerprint density at radius 1 is 1.43 bits per heavy atom. The van der Waals surface area contributed by atoms with Crippen LogP contribution in [0.2, 0.25) is 0 Å². The number of rotatable bonds is 3. The highest BCUT2D eigenvalue weighted by molar-refractivity contribution is 5.98. The number of aromatic nitrogens is 1. The predicted octanol–water partition coefficient (Wildman–Crippen LogP) is 1.39. The van der Waals surface area contributed by atoms with Gasteiger partial charge in [-0.2, -0.15) is 0 Å². The van der Waals surface area contributed by atoms with Gasteiger partial charge in [-0.1, -0.05) is 0 Å². The number of aliphatic hydroxyl groups is 1. The van der Waals surface area contributed by atoms with Gasteiger partial charge in [-0.05, 0) is 25.3 Å². The molecular formula is C11H15NO2. The zero-order chi connectivity index (χ0) is 9.97. The van der Waals surface area contributed by atoms with Crippen LogP contribution < -0.4 is 0 Å². The Kier molecular flexibility index (Phi) is 2.68. The first-order valence-electron chi connectivity index (χ1n) is 5.15. The minimum absolute atomic E-state index is 0.209. The topological polar surface area (TPSA) is 42.2 Å². The van der Waals surface area contributed by atoms with Crippen molar-refractivity contribution in [2.24, 2.45) is 0 Å². The Bertz CT molecular complexity index is 341. The largest absolute Gasteiger partial charge is 0.396 e. The molecule has 0 aromatic carbocycles. The van der Waals surface area contributed by atoms with Crippen LogP contribution in [0, 0.1) is 0 Å². The second-order valence-corrected chi connectivity index (χ2v) is 3.72. The van der Waals surface area contributed by atoms with Gasteiger partial charge in [0, 0.05) is 37.0 Å². The Morgan fingerprint density at radius 3 is 3.07 bits per heavy atom. The molecule has 76 valence electrons. The molecule has 1 aliphatic carbocycles. The second kappa shape index (κ2) is 3.96. The summed E-state index contributed by atoms with van der Waals surface area (Å²) in [5.74, 6) is 0.272. The molecule has 0 atom stereocenters. The highest BCUT2D eigenvalue weighted by Crippen LogP contribution is 2.22. The fraction of sp³-hybridized carbons (Fsp3) is 0.545. The number of carbonyl (C=O) groups excluding carboxylic acids is 1. The molecule has 1 N–H and O–H groups in total. The lowest BCUT2D eigenvalue weighted by atomic mass is 9.97. The summed E-state index contributed by atoms with van der Waals surface area (Å²) >= 11 is 0. The van der Waals surface area contributed by atoms with Gasteiger partial charge in [0.15, 0.2) is 5.78 Å². The van der Waals surface area contributed by atoms with E-state index in [1.165, 1.54) is 0 Å². The lowest BCUT2D eigenvalue weighted by Gasteiger charge is -2.14. The molecule has 0 unspecified atom stereocenters. The molecule has 1 aromatic rings. The van der Waals surface area contributed by atoms with Crippen LogP contribution in [-0.4, -0.2) is 22.1 Å². The van der Waals surface area contributed by atoms with Gasteiger partial charge in [-0.3, -0.25) is 4.79 Å². The highest BCUT2D eigenvalue weighted by Gasteiger charge is 2.19. The van der Waals surface area contributed by atoms with Crippen molar-refractivity contribution >= 4 is 5.78 Å². The van der Waals surface area contributed by atoms with Gasteiger partial charge in [0.05, 0.1) is 0 Å². The Morgan fingerprint density at radius 2 is 2.29 bits per heavy atom. The quantitative estimate of drug-likeness (QED) is 0.788. The van der Waals surface area contributed by atoms with Crippen LogP contribution in [0.5, 0.6) is 0 Å². The van der Waals surface area contributed by atoms with E-state index in [2.05, 4.69) is 4.57 Å². The van der Waals surface area contributed by atoms with Gasteiger partial charge in [0.2, 0.25) is 0 Å². The van der Waals surface area contributed by atoms with Crippen LogP contribution in [0.4, 0.5) is 0 Å². The van der Waals surface area contributed by atoms with E-state index in [1.807, 2.05) is 12.3 Å². The van der Waals surface area contributed by atoms with Crippen molar-refractivity contribution < 1.29 is 9.90 Å². The molecule has 1 heterocycles. The van der Waals surface area contributed by atoms with E-state index in [0.29, 0.717) is 6.42 Å². The Hall–Kier alpha value is -1.09. The molecule has 1 aromatic heterocycles. The van der Waals surface area contributed by atoms with Gasteiger partial charge < -0.3 is 9.67 Å². The number of aryl methyl sites for hydroxylation is 1. The summed E-state index contributed by atoms with van der Waals surface area (Å²) in [5.41, 5.74) is 2.06. The zero-order valence-electron chi connectivity index (χ0n) is 8.20. The summed E-state index contributed by atoms with van der Waals surface area (Å²) in [4.78, 5) is 11.5. The minimum Gasteiger partial charge on any atom is -0.396 e. The van der Waals surface area contributed by atoms with Crippen LogP contribution in [0.25, 0.3) is 0 Å². The first kappa shape index (κ1) is 9.46.